The largest absolute Gasteiger partial charge is 0.256 e. The van der Waals surface area contributed by atoms with Gasteiger partial charge in [-0.1, -0.05) is 41.4 Å². The van der Waals surface area contributed by atoms with E-state index in [1.807, 2.05) is 36.4 Å². The number of rotatable bonds is 1. The average molecular weight is 325 g/mol. The molecule has 0 saturated heterocycles. The van der Waals surface area contributed by atoms with E-state index >= 15 is 0 Å². The molecule has 0 N–H and O–H groups in total. The highest BCUT2D eigenvalue weighted by molar-refractivity contribution is 6.43. The molecular formula is C18H10Cl2N2. The Morgan fingerprint density at radius 3 is 2.45 bits per heavy atom. The molecule has 2 aromatic carbocycles. The molecular weight excluding hydrogens is 315 g/mol. The van der Waals surface area contributed by atoms with Gasteiger partial charge in [-0.05, 0) is 36.4 Å². The first-order chi connectivity index (χ1) is 10.7. The molecule has 4 heteroatoms. The molecule has 0 radical (unpaired) electrons. The molecule has 4 rings (SSSR count). The standard InChI is InChI=1S/C18H10Cl2N2/c19-14-5-1-3-13(18(14)20)17-7-6-12-11-4-2-10-21-15(11)8-9-16(12)22-17/h1-10H. The molecule has 2 nitrogen and oxygen atoms in total. The first-order valence-electron chi connectivity index (χ1n) is 6.83. The van der Waals surface area contributed by atoms with Gasteiger partial charge in [0.2, 0.25) is 0 Å². The van der Waals surface area contributed by atoms with Gasteiger partial charge >= 0.3 is 0 Å². The van der Waals surface area contributed by atoms with Gasteiger partial charge in [0.1, 0.15) is 0 Å². The summed E-state index contributed by atoms with van der Waals surface area (Å²) in [6.07, 6.45) is 1.79. The zero-order valence-corrected chi connectivity index (χ0v) is 12.9. The molecule has 0 spiro atoms. The molecule has 0 amide bonds. The second-order valence-electron chi connectivity index (χ2n) is 5.00. The maximum Gasteiger partial charge on any atom is 0.0725 e. The number of nitrogens with zero attached hydrogens (tertiary/aromatic N) is 2. The molecule has 2 aromatic heterocycles. The smallest absolute Gasteiger partial charge is 0.0725 e. The Morgan fingerprint density at radius 1 is 0.727 bits per heavy atom. The van der Waals surface area contributed by atoms with E-state index in [2.05, 4.69) is 17.1 Å². The zero-order chi connectivity index (χ0) is 15.1. The van der Waals surface area contributed by atoms with Gasteiger partial charge in [-0.15, -0.1) is 0 Å². The van der Waals surface area contributed by atoms with Crippen LogP contribution in [-0.2, 0) is 0 Å². The van der Waals surface area contributed by atoms with Crippen molar-refractivity contribution in [2.24, 2.45) is 0 Å². The van der Waals surface area contributed by atoms with Crippen LogP contribution in [0.2, 0.25) is 10.0 Å². The zero-order valence-electron chi connectivity index (χ0n) is 11.4. The summed E-state index contributed by atoms with van der Waals surface area (Å²) in [6, 6.07) is 17.5. The second-order valence-corrected chi connectivity index (χ2v) is 5.79. The number of halogens is 2. The van der Waals surface area contributed by atoms with Crippen LogP contribution >= 0.6 is 23.2 Å². The fourth-order valence-corrected chi connectivity index (χ4v) is 3.01. The Hall–Kier alpha value is -2.16. The number of hydrogen-bond donors (Lipinski definition) is 0. The van der Waals surface area contributed by atoms with Gasteiger partial charge in [-0.3, -0.25) is 4.98 Å². The highest BCUT2D eigenvalue weighted by Gasteiger charge is 2.09. The number of hydrogen-bond acceptors (Lipinski definition) is 2. The molecule has 2 heterocycles. The lowest BCUT2D eigenvalue weighted by molar-refractivity contribution is 1.39. The molecule has 0 aliphatic carbocycles. The third kappa shape index (κ3) is 2.12. The van der Waals surface area contributed by atoms with Gasteiger partial charge in [0, 0.05) is 22.5 Å². The van der Waals surface area contributed by atoms with Crippen molar-refractivity contribution >= 4 is 45.0 Å². The minimum Gasteiger partial charge on any atom is -0.256 e. The van der Waals surface area contributed by atoms with Crippen LogP contribution in [0.5, 0.6) is 0 Å². The molecule has 0 atom stereocenters. The maximum atomic E-state index is 6.29. The van der Waals surface area contributed by atoms with Crippen LogP contribution in [0.15, 0.2) is 60.8 Å². The maximum absolute atomic E-state index is 6.29. The first-order valence-corrected chi connectivity index (χ1v) is 7.58. The molecule has 0 bridgehead atoms. The minimum absolute atomic E-state index is 0.526. The van der Waals surface area contributed by atoms with Crippen LogP contribution in [0.25, 0.3) is 33.1 Å². The normalized spacial score (nSPS) is 11.2. The van der Waals surface area contributed by atoms with Gasteiger partial charge < -0.3 is 0 Å². The first kappa shape index (κ1) is 13.5. The minimum atomic E-state index is 0.526. The summed E-state index contributed by atoms with van der Waals surface area (Å²) in [6.45, 7) is 0. The van der Waals surface area contributed by atoms with Gasteiger partial charge in [0.05, 0.1) is 26.8 Å². The third-order valence-electron chi connectivity index (χ3n) is 3.68. The molecule has 0 fully saturated rings. The highest BCUT2D eigenvalue weighted by atomic mass is 35.5. The van der Waals surface area contributed by atoms with Crippen molar-refractivity contribution in [1.82, 2.24) is 9.97 Å². The summed E-state index contributed by atoms with van der Waals surface area (Å²) >= 11 is 12.4. The number of aromatic nitrogens is 2. The summed E-state index contributed by atoms with van der Waals surface area (Å²) in [5.74, 6) is 0. The van der Waals surface area contributed by atoms with E-state index in [9.17, 15) is 0 Å². The van der Waals surface area contributed by atoms with Crippen molar-refractivity contribution in [3.8, 4) is 11.3 Å². The van der Waals surface area contributed by atoms with Crippen molar-refractivity contribution in [3.05, 3.63) is 70.8 Å². The van der Waals surface area contributed by atoms with Crippen molar-refractivity contribution in [1.29, 1.82) is 0 Å². The molecule has 0 aliphatic rings. The Bertz CT molecular complexity index is 1010. The monoisotopic (exact) mass is 324 g/mol. The van der Waals surface area contributed by atoms with E-state index < -0.39 is 0 Å². The Labute approximate surface area is 137 Å². The topological polar surface area (TPSA) is 25.8 Å². The van der Waals surface area contributed by atoms with E-state index in [1.165, 1.54) is 0 Å². The van der Waals surface area contributed by atoms with Crippen LogP contribution in [0.4, 0.5) is 0 Å². The number of benzene rings is 2. The fourth-order valence-electron chi connectivity index (χ4n) is 2.62. The second kappa shape index (κ2) is 5.24. The summed E-state index contributed by atoms with van der Waals surface area (Å²) in [5.41, 5.74) is 3.52. The van der Waals surface area contributed by atoms with Gasteiger partial charge in [-0.2, -0.15) is 0 Å². The lowest BCUT2D eigenvalue weighted by atomic mass is 10.1. The van der Waals surface area contributed by atoms with Crippen LogP contribution < -0.4 is 0 Å². The molecule has 22 heavy (non-hydrogen) atoms. The molecule has 106 valence electrons. The van der Waals surface area contributed by atoms with Gasteiger partial charge in [0.25, 0.3) is 0 Å². The van der Waals surface area contributed by atoms with Crippen LogP contribution in [-0.4, -0.2) is 9.97 Å². The highest BCUT2D eigenvalue weighted by Crippen LogP contribution is 2.34. The number of pyridine rings is 2. The summed E-state index contributed by atoms with van der Waals surface area (Å²) in [5, 5.41) is 3.23. The van der Waals surface area contributed by atoms with E-state index in [0.717, 1.165) is 33.1 Å². The van der Waals surface area contributed by atoms with Crippen molar-refractivity contribution < 1.29 is 0 Å². The quantitative estimate of drug-likeness (QED) is 0.416. The Kier molecular flexibility index (Phi) is 3.21. The molecule has 0 saturated carbocycles. The Balaban J connectivity index is 1.98. The Morgan fingerprint density at radius 2 is 1.55 bits per heavy atom. The van der Waals surface area contributed by atoms with Crippen LogP contribution in [0.3, 0.4) is 0 Å². The van der Waals surface area contributed by atoms with Crippen molar-refractivity contribution in [2.75, 3.05) is 0 Å². The van der Waals surface area contributed by atoms with E-state index in [0.29, 0.717) is 10.0 Å². The van der Waals surface area contributed by atoms with Crippen LogP contribution in [0.1, 0.15) is 0 Å². The predicted molar refractivity (Wildman–Crippen MR) is 92.5 cm³/mol. The third-order valence-corrected chi connectivity index (χ3v) is 4.50. The predicted octanol–water partition coefficient (Wildman–Crippen LogP) is 5.76. The van der Waals surface area contributed by atoms with Gasteiger partial charge in [0.15, 0.2) is 0 Å². The molecule has 0 aliphatic heterocycles. The fraction of sp³-hybridized carbons (Fsp3) is 0. The van der Waals surface area contributed by atoms with Crippen LogP contribution in [0, 0.1) is 0 Å². The van der Waals surface area contributed by atoms with E-state index in [1.54, 1.807) is 12.3 Å². The lowest BCUT2D eigenvalue weighted by Gasteiger charge is -2.08. The number of fused-ring (bicyclic) bond motifs is 3. The van der Waals surface area contributed by atoms with E-state index in [-0.39, 0.29) is 0 Å². The average Bonchev–Trinajstić information content (AvgIpc) is 2.57. The van der Waals surface area contributed by atoms with Crippen molar-refractivity contribution in [2.45, 2.75) is 0 Å². The van der Waals surface area contributed by atoms with E-state index in [4.69, 9.17) is 28.2 Å². The molecule has 4 aromatic rings. The summed E-state index contributed by atoms with van der Waals surface area (Å²) in [4.78, 5) is 9.10. The SMILES string of the molecule is Clc1cccc(-c2ccc3c(ccc4ncccc43)n2)c1Cl. The summed E-state index contributed by atoms with van der Waals surface area (Å²) < 4.78 is 0. The van der Waals surface area contributed by atoms with Gasteiger partial charge in [-0.25, -0.2) is 4.98 Å². The van der Waals surface area contributed by atoms with Crippen molar-refractivity contribution in [3.63, 3.8) is 0 Å². The molecule has 0 unspecified atom stereocenters. The lowest BCUT2D eigenvalue weighted by Crippen LogP contribution is -1.88. The summed E-state index contributed by atoms with van der Waals surface area (Å²) in [7, 11) is 0.